The first-order valence-corrected chi connectivity index (χ1v) is 7.62. The van der Waals surface area contributed by atoms with Gasteiger partial charge in [0.25, 0.3) is 0 Å². The average Bonchev–Trinajstić information content (AvgIpc) is 2.39. The van der Waals surface area contributed by atoms with Gasteiger partial charge in [-0.05, 0) is 50.0 Å². The van der Waals surface area contributed by atoms with Crippen LogP contribution in [0, 0.1) is 6.92 Å². The fraction of sp³-hybridized carbons (Fsp3) is 0.500. The van der Waals surface area contributed by atoms with E-state index in [-0.39, 0.29) is 0 Å². The highest BCUT2D eigenvalue weighted by Gasteiger charge is 2.14. The van der Waals surface area contributed by atoms with Crippen molar-refractivity contribution < 1.29 is 9.53 Å². The molecule has 0 aromatic heterocycles. The Balaban J connectivity index is 2.91. The first-order valence-electron chi connectivity index (χ1n) is 6.23. The molecule has 0 saturated heterocycles. The molecular weight excluding hydrogens is 260 g/mol. The van der Waals surface area contributed by atoms with E-state index in [0.717, 1.165) is 23.4 Å². The predicted molar refractivity (Wildman–Crippen MR) is 83.0 cm³/mol. The molecule has 1 atom stereocenters. The molecule has 0 spiro atoms. The van der Waals surface area contributed by atoms with E-state index < -0.39 is 5.97 Å². The summed E-state index contributed by atoms with van der Waals surface area (Å²) >= 11 is 1.82. The zero-order valence-electron chi connectivity index (χ0n) is 11.9. The predicted octanol–water partition coefficient (Wildman–Crippen LogP) is 2.92. The van der Waals surface area contributed by atoms with Crippen LogP contribution in [0.3, 0.4) is 0 Å². The maximum Gasteiger partial charge on any atom is 0.340 e. The summed E-state index contributed by atoms with van der Waals surface area (Å²) in [5, 5.41) is 3.39. The van der Waals surface area contributed by atoms with Gasteiger partial charge in [-0.2, -0.15) is 11.8 Å². The topological polar surface area (TPSA) is 64.3 Å². The number of hydrogen-bond donors (Lipinski definition) is 2. The zero-order chi connectivity index (χ0) is 14.4. The van der Waals surface area contributed by atoms with E-state index in [2.05, 4.69) is 18.5 Å². The average molecular weight is 282 g/mol. The van der Waals surface area contributed by atoms with Gasteiger partial charge in [0.15, 0.2) is 0 Å². The van der Waals surface area contributed by atoms with Gasteiger partial charge in [0.1, 0.15) is 0 Å². The lowest BCUT2D eigenvalue weighted by molar-refractivity contribution is 0.0602. The van der Waals surface area contributed by atoms with E-state index in [9.17, 15) is 4.79 Å². The van der Waals surface area contributed by atoms with E-state index >= 15 is 0 Å². The minimum Gasteiger partial charge on any atom is -0.465 e. The summed E-state index contributed by atoms with van der Waals surface area (Å²) in [5.41, 5.74) is 8.59. The Hall–Kier alpha value is -1.36. The van der Waals surface area contributed by atoms with E-state index in [1.54, 1.807) is 6.07 Å². The maximum atomic E-state index is 11.7. The summed E-state index contributed by atoms with van der Waals surface area (Å²) in [6.07, 6.45) is 3.16. The van der Waals surface area contributed by atoms with Gasteiger partial charge in [-0.3, -0.25) is 0 Å². The normalized spacial score (nSPS) is 12.0. The van der Waals surface area contributed by atoms with Crippen LogP contribution in [-0.2, 0) is 4.74 Å². The van der Waals surface area contributed by atoms with E-state index in [0.29, 0.717) is 17.3 Å². The summed E-state index contributed by atoms with van der Waals surface area (Å²) in [7, 11) is 1.36. The number of ether oxygens (including phenoxy) is 1. The molecule has 1 aromatic carbocycles. The highest BCUT2D eigenvalue weighted by Crippen LogP contribution is 2.24. The SMILES string of the molecule is COC(=O)c1cc(NC(C)CCSC)cc(C)c1N. The molecule has 3 N–H and O–H groups in total. The minimum absolute atomic E-state index is 0.348. The van der Waals surface area contributed by atoms with Crippen molar-refractivity contribution in [2.75, 3.05) is 30.2 Å². The number of nitrogens with two attached hydrogens (primary N) is 1. The largest absolute Gasteiger partial charge is 0.465 e. The second-order valence-corrected chi connectivity index (χ2v) is 5.56. The van der Waals surface area contributed by atoms with Crippen molar-refractivity contribution >= 4 is 29.1 Å². The number of carbonyl (C=O) groups excluding carboxylic acids is 1. The molecule has 0 bridgehead atoms. The van der Waals surface area contributed by atoms with Gasteiger partial charge in [0.2, 0.25) is 0 Å². The summed E-state index contributed by atoms with van der Waals surface area (Å²) in [6.45, 7) is 4.01. The van der Waals surface area contributed by atoms with Crippen LogP contribution < -0.4 is 11.1 Å². The van der Waals surface area contributed by atoms with Crippen molar-refractivity contribution in [1.82, 2.24) is 0 Å². The molecule has 19 heavy (non-hydrogen) atoms. The lowest BCUT2D eigenvalue weighted by atomic mass is 10.1. The molecule has 1 aromatic rings. The Kier molecular flexibility index (Phi) is 6.02. The number of benzene rings is 1. The number of hydrogen-bond acceptors (Lipinski definition) is 5. The smallest absolute Gasteiger partial charge is 0.340 e. The molecule has 4 nitrogen and oxygen atoms in total. The molecule has 0 amide bonds. The molecule has 1 rings (SSSR count). The summed E-state index contributed by atoms with van der Waals surface area (Å²) in [4.78, 5) is 11.7. The number of carbonyl (C=O) groups is 1. The fourth-order valence-corrected chi connectivity index (χ4v) is 2.40. The first kappa shape index (κ1) is 15.7. The van der Waals surface area contributed by atoms with Crippen molar-refractivity contribution in [3.8, 4) is 0 Å². The monoisotopic (exact) mass is 282 g/mol. The maximum absolute atomic E-state index is 11.7. The van der Waals surface area contributed by atoms with Gasteiger partial charge in [-0.25, -0.2) is 4.79 Å². The summed E-state index contributed by atoms with van der Waals surface area (Å²) < 4.78 is 4.75. The quantitative estimate of drug-likeness (QED) is 0.620. The van der Waals surface area contributed by atoms with Gasteiger partial charge in [0, 0.05) is 17.4 Å². The van der Waals surface area contributed by atoms with Crippen LogP contribution in [0.2, 0.25) is 0 Å². The highest BCUT2D eigenvalue weighted by molar-refractivity contribution is 7.98. The third-order valence-electron chi connectivity index (χ3n) is 2.96. The third kappa shape index (κ3) is 4.35. The molecule has 0 radical (unpaired) electrons. The Labute approximate surface area is 119 Å². The number of nitrogen functional groups attached to an aromatic ring is 1. The Morgan fingerprint density at radius 1 is 1.53 bits per heavy atom. The second-order valence-electron chi connectivity index (χ2n) is 4.57. The van der Waals surface area contributed by atoms with Gasteiger partial charge >= 0.3 is 5.97 Å². The Morgan fingerprint density at radius 2 is 2.21 bits per heavy atom. The van der Waals surface area contributed by atoms with Crippen molar-refractivity contribution in [2.24, 2.45) is 0 Å². The molecule has 1 unspecified atom stereocenters. The number of methoxy groups -OCH3 is 1. The fourth-order valence-electron chi connectivity index (χ4n) is 1.81. The Bertz CT molecular complexity index is 449. The molecule has 0 aliphatic carbocycles. The third-order valence-corrected chi connectivity index (χ3v) is 3.60. The van der Waals surface area contributed by atoms with Crippen LogP contribution in [0.15, 0.2) is 12.1 Å². The first-order chi connectivity index (χ1) is 8.99. The van der Waals surface area contributed by atoms with Crippen molar-refractivity contribution in [3.63, 3.8) is 0 Å². The standard InChI is InChI=1S/C14H22N2O2S/c1-9-7-11(16-10(2)5-6-19-4)8-12(13(9)15)14(17)18-3/h7-8,10,16H,5-6,15H2,1-4H3. The van der Waals surface area contributed by atoms with E-state index in [4.69, 9.17) is 10.5 Å². The van der Waals surface area contributed by atoms with Gasteiger partial charge in [-0.15, -0.1) is 0 Å². The molecule has 5 heteroatoms. The lowest BCUT2D eigenvalue weighted by Crippen LogP contribution is -2.17. The highest BCUT2D eigenvalue weighted by atomic mass is 32.2. The number of rotatable bonds is 6. The Morgan fingerprint density at radius 3 is 2.79 bits per heavy atom. The van der Waals surface area contributed by atoms with Crippen molar-refractivity contribution in [1.29, 1.82) is 0 Å². The molecule has 106 valence electrons. The van der Waals surface area contributed by atoms with Crippen molar-refractivity contribution in [2.45, 2.75) is 26.3 Å². The molecule has 0 saturated carbocycles. The van der Waals surface area contributed by atoms with Gasteiger partial charge in [-0.1, -0.05) is 0 Å². The molecular formula is C14H22N2O2S. The van der Waals surface area contributed by atoms with Crippen LogP contribution in [0.5, 0.6) is 0 Å². The molecule has 0 fully saturated rings. The lowest BCUT2D eigenvalue weighted by Gasteiger charge is -2.17. The number of nitrogens with one attached hydrogen (secondary N) is 1. The number of thioether (sulfide) groups is 1. The van der Waals surface area contributed by atoms with Gasteiger partial charge in [0.05, 0.1) is 12.7 Å². The number of esters is 1. The van der Waals surface area contributed by atoms with Crippen LogP contribution >= 0.6 is 11.8 Å². The number of anilines is 2. The molecule has 0 aliphatic rings. The van der Waals surface area contributed by atoms with Crippen LogP contribution in [-0.4, -0.2) is 31.1 Å². The van der Waals surface area contributed by atoms with Crippen LogP contribution in [0.1, 0.15) is 29.3 Å². The summed E-state index contributed by atoms with van der Waals surface area (Å²) in [5.74, 6) is 0.701. The minimum atomic E-state index is -0.402. The van der Waals surface area contributed by atoms with Crippen LogP contribution in [0.25, 0.3) is 0 Å². The van der Waals surface area contributed by atoms with E-state index in [1.807, 2.05) is 24.8 Å². The number of aryl methyl sites for hydroxylation is 1. The second kappa shape index (κ2) is 7.28. The van der Waals surface area contributed by atoms with Gasteiger partial charge < -0.3 is 15.8 Å². The van der Waals surface area contributed by atoms with Crippen LogP contribution in [0.4, 0.5) is 11.4 Å². The van der Waals surface area contributed by atoms with E-state index in [1.165, 1.54) is 7.11 Å². The molecule has 0 aliphatic heterocycles. The summed E-state index contributed by atoms with van der Waals surface area (Å²) in [6, 6.07) is 4.06. The van der Waals surface area contributed by atoms with Crippen molar-refractivity contribution in [3.05, 3.63) is 23.3 Å². The zero-order valence-corrected chi connectivity index (χ0v) is 12.8. The molecule has 0 heterocycles.